The number of nitrogens with two attached hydrogens (primary N) is 2. The number of ether oxygens (including phenoxy) is 1. The van der Waals surface area contributed by atoms with Gasteiger partial charge in [0.15, 0.2) is 11.6 Å². The Balaban J connectivity index is 1.36. The van der Waals surface area contributed by atoms with E-state index in [1.165, 1.54) is 16.2 Å². The molecule has 6 rings (SSSR count). The molecule has 3 aromatic heterocycles. The maximum Gasteiger partial charge on any atom is 0.320 e. The van der Waals surface area contributed by atoms with Gasteiger partial charge >= 0.3 is 6.01 Å². The molecule has 2 atom stereocenters. The van der Waals surface area contributed by atoms with Gasteiger partial charge < -0.3 is 30.9 Å². The smallest absolute Gasteiger partial charge is 0.320 e. The van der Waals surface area contributed by atoms with Crippen LogP contribution in [0.25, 0.3) is 0 Å². The van der Waals surface area contributed by atoms with Crippen molar-refractivity contribution in [2.45, 2.75) is 42.3 Å². The van der Waals surface area contributed by atoms with Crippen molar-refractivity contribution in [1.29, 1.82) is 10.5 Å². The summed E-state index contributed by atoms with van der Waals surface area (Å²) in [6.07, 6.45) is 3.85. The average molecular weight is 589 g/mol. The zero-order chi connectivity index (χ0) is 28.9. The van der Waals surface area contributed by atoms with Crippen LogP contribution in [0.4, 0.5) is 22.5 Å². The summed E-state index contributed by atoms with van der Waals surface area (Å²) in [5.74, 6) is 2.27. The topological polar surface area (TPSA) is 157 Å². The van der Waals surface area contributed by atoms with E-state index in [0.29, 0.717) is 59.3 Å². The number of likely N-dealkylation sites (N-methyl/N-ethyl adjacent to an activating group) is 1. The van der Waals surface area contributed by atoms with Crippen LogP contribution < -0.4 is 26.0 Å². The number of thiophene rings is 1. The van der Waals surface area contributed by atoms with Crippen molar-refractivity contribution >= 4 is 45.6 Å². The van der Waals surface area contributed by atoms with Gasteiger partial charge in [-0.3, -0.25) is 0 Å². The largest absolute Gasteiger partial charge is 0.462 e. The molecule has 212 valence electrons. The first-order valence-electron chi connectivity index (χ1n) is 13.5. The highest BCUT2D eigenvalue weighted by Crippen LogP contribution is 2.58. The number of thioether (sulfide) groups is 1. The highest BCUT2D eigenvalue weighted by molar-refractivity contribution is 8.00. The van der Waals surface area contributed by atoms with Gasteiger partial charge in [-0.1, -0.05) is 6.07 Å². The molecular formula is C28H32N10OS2. The molecule has 3 aromatic rings. The Labute approximate surface area is 247 Å². The van der Waals surface area contributed by atoms with E-state index in [1.807, 2.05) is 42.8 Å². The van der Waals surface area contributed by atoms with Gasteiger partial charge in [-0.2, -0.15) is 20.5 Å². The van der Waals surface area contributed by atoms with E-state index in [9.17, 15) is 10.5 Å². The van der Waals surface area contributed by atoms with Crippen molar-refractivity contribution in [3.63, 3.8) is 0 Å². The molecule has 13 heteroatoms. The maximum atomic E-state index is 10.4. The molecule has 0 bridgehead atoms. The van der Waals surface area contributed by atoms with E-state index in [2.05, 4.69) is 34.0 Å². The minimum Gasteiger partial charge on any atom is -0.462 e. The number of hydrogen-bond acceptors (Lipinski definition) is 13. The third-order valence-corrected chi connectivity index (χ3v) is 11.2. The second-order valence-electron chi connectivity index (χ2n) is 10.9. The first-order valence-corrected chi connectivity index (χ1v) is 15.4. The lowest BCUT2D eigenvalue weighted by atomic mass is 9.88. The zero-order valence-corrected chi connectivity index (χ0v) is 24.9. The van der Waals surface area contributed by atoms with Crippen molar-refractivity contribution in [3.05, 3.63) is 45.5 Å². The van der Waals surface area contributed by atoms with Crippen LogP contribution in [0.1, 0.15) is 52.9 Å². The minimum absolute atomic E-state index is 0.213. The summed E-state index contributed by atoms with van der Waals surface area (Å²) < 4.78 is 5.96. The van der Waals surface area contributed by atoms with Crippen LogP contribution in [0.3, 0.4) is 0 Å². The summed E-state index contributed by atoms with van der Waals surface area (Å²) in [7, 11) is 3.99. The van der Waals surface area contributed by atoms with Gasteiger partial charge in [0, 0.05) is 54.1 Å². The standard InChI is InChI=1S/C28H32N10OS2/c1-16(18-7-4-8-33-23(18)31)37(3)25-20(11-30)26(35-27(34-25)39-12-17-6-5-9-36(17)2)38-14-28(15-38)22-19(10-29)24(32)41-21(22)13-40-28/h4,7-8,16-17H,5-6,9,12-15,32H2,1-3H3,(H2,31,33)/t16-,17+/m1/s1. The van der Waals surface area contributed by atoms with Crippen LogP contribution in [-0.2, 0) is 10.5 Å². The zero-order valence-electron chi connectivity index (χ0n) is 23.3. The van der Waals surface area contributed by atoms with E-state index < -0.39 is 0 Å². The lowest BCUT2D eigenvalue weighted by Gasteiger charge is -2.48. The van der Waals surface area contributed by atoms with E-state index in [1.54, 1.807) is 6.20 Å². The molecule has 3 aliphatic heterocycles. The van der Waals surface area contributed by atoms with Gasteiger partial charge in [-0.25, -0.2) is 4.98 Å². The maximum absolute atomic E-state index is 10.4. The first kappa shape index (κ1) is 27.4. The number of rotatable bonds is 7. The van der Waals surface area contributed by atoms with Crippen LogP contribution in [0.15, 0.2) is 18.3 Å². The summed E-state index contributed by atoms with van der Waals surface area (Å²) >= 11 is 3.34. The van der Waals surface area contributed by atoms with Crippen LogP contribution in [0.5, 0.6) is 6.01 Å². The third-order valence-electron chi connectivity index (χ3n) is 8.52. The van der Waals surface area contributed by atoms with Crippen molar-refractivity contribution in [3.8, 4) is 18.1 Å². The van der Waals surface area contributed by atoms with Crippen LogP contribution >= 0.6 is 23.1 Å². The van der Waals surface area contributed by atoms with E-state index in [0.717, 1.165) is 36.3 Å². The number of nitrogens with zero attached hydrogens (tertiary/aromatic N) is 8. The monoisotopic (exact) mass is 588 g/mol. The van der Waals surface area contributed by atoms with Gasteiger partial charge in [-0.15, -0.1) is 23.1 Å². The van der Waals surface area contributed by atoms with Crippen molar-refractivity contribution in [2.24, 2.45) is 0 Å². The number of pyridine rings is 1. The third kappa shape index (κ3) is 4.58. The molecule has 6 heterocycles. The molecule has 41 heavy (non-hydrogen) atoms. The van der Waals surface area contributed by atoms with Crippen LogP contribution in [0.2, 0.25) is 0 Å². The van der Waals surface area contributed by atoms with Gasteiger partial charge in [0.1, 0.15) is 35.1 Å². The number of likely N-dealkylation sites (tertiary alicyclic amines) is 1. The molecule has 0 aliphatic carbocycles. The second kappa shape index (κ2) is 10.6. The number of nitriles is 2. The SMILES string of the molecule is C[C@H](c1cccnc1N)N(C)c1nc(OC[C@@H]2CCCN2C)nc(N2CC3(C2)SCc2sc(N)c(C#N)c23)c1C#N. The van der Waals surface area contributed by atoms with Gasteiger partial charge in [0.05, 0.1) is 16.4 Å². The molecule has 1 spiro atoms. The molecule has 11 nitrogen and oxygen atoms in total. The summed E-state index contributed by atoms with van der Waals surface area (Å²) in [5.41, 5.74) is 15.2. The quantitative estimate of drug-likeness (QED) is 0.415. The summed E-state index contributed by atoms with van der Waals surface area (Å²) in [6, 6.07) is 8.79. The van der Waals surface area contributed by atoms with Crippen molar-refractivity contribution in [1.82, 2.24) is 19.9 Å². The number of anilines is 4. The average Bonchev–Trinajstić information content (AvgIpc) is 3.63. The molecule has 3 aliphatic rings. The molecule has 2 saturated heterocycles. The fourth-order valence-corrected chi connectivity index (χ4v) is 8.85. The number of hydrogen-bond donors (Lipinski definition) is 2. The number of fused-ring (bicyclic) bond motifs is 2. The first-order chi connectivity index (χ1) is 19.8. The van der Waals surface area contributed by atoms with E-state index in [-0.39, 0.29) is 16.8 Å². The Bertz CT molecular complexity index is 1570. The Kier molecular flexibility index (Phi) is 7.06. The molecule has 0 aromatic carbocycles. The van der Waals surface area contributed by atoms with Crippen molar-refractivity contribution in [2.75, 3.05) is 61.6 Å². The highest BCUT2D eigenvalue weighted by Gasteiger charge is 2.53. The second-order valence-corrected chi connectivity index (χ2v) is 13.4. The van der Waals surface area contributed by atoms with Crippen LogP contribution in [-0.4, -0.2) is 66.2 Å². The molecule has 0 amide bonds. The number of aromatic nitrogens is 3. The minimum atomic E-state index is -0.247. The van der Waals surface area contributed by atoms with Crippen LogP contribution in [0, 0.1) is 22.7 Å². The van der Waals surface area contributed by atoms with E-state index >= 15 is 0 Å². The predicted molar refractivity (Wildman–Crippen MR) is 162 cm³/mol. The van der Waals surface area contributed by atoms with E-state index in [4.69, 9.17) is 26.2 Å². The summed E-state index contributed by atoms with van der Waals surface area (Å²) in [6.45, 7) is 4.74. The molecule has 4 N–H and O–H groups in total. The Hall–Kier alpha value is -3.78. The fourth-order valence-electron chi connectivity index (χ4n) is 6.04. The molecule has 0 saturated carbocycles. The normalized spacial score (nSPS) is 19.8. The summed E-state index contributed by atoms with van der Waals surface area (Å²) in [4.78, 5) is 21.3. The molecule has 2 fully saturated rings. The molecular weight excluding hydrogens is 557 g/mol. The van der Waals surface area contributed by atoms with Crippen molar-refractivity contribution < 1.29 is 4.74 Å². The number of nitrogen functional groups attached to an aromatic ring is 2. The molecule has 0 unspecified atom stereocenters. The Morgan fingerprint density at radius 3 is 2.71 bits per heavy atom. The summed E-state index contributed by atoms with van der Waals surface area (Å²) in [5, 5.41) is 20.8. The highest BCUT2D eigenvalue weighted by atomic mass is 32.2. The van der Waals surface area contributed by atoms with Gasteiger partial charge in [0.25, 0.3) is 0 Å². The Morgan fingerprint density at radius 2 is 2.02 bits per heavy atom. The molecule has 0 radical (unpaired) electrons. The fraction of sp³-hybridized carbons (Fsp3) is 0.464. The van der Waals surface area contributed by atoms with Gasteiger partial charge in [-0.05, 0) is 39.4 Å². The Morgan fingerprint density at radius 1 is 1.24 bits per heavy atom. The predicted octanol–water partition coefficient (Wildman–Crippen LogP) is 3.47. The van der Waals surface area contributed by atoms with Gasteiger partial charge in [0.2, 0.25) is 0 Å². The lowest BCUT2D eigenvalue weighted by Crippen LogP contribution is -2.57. The lowest BCUT2D eigenvalue weighted by molar-refractivity contribution is 0.187.